The number of pyridine rings is 1. The van der Waals surface area contributed by atoms with Crippen molar-refractivity contribution in [3.63, 3.8) is 0 Å². The summed E-state index contributed by atoms with van der Waals surface area (Å²) in [6, 6.07) is 19.0. The van der Waals surface area contributed by atoms with Gasteiger partial charge in [-0.2, -0.15) is 4.57 Å². The predicted octanol–water partition coefficient (Wildman–Crippen LogP) is 4.61. The van der Waals surface area contributed by atoms with Gasteiger partial charge in [-0.1, -0.05) is 48.2 Å². The Morgan fingerprint density at radius 1 is 1.07 bits per heavy atom. The SMILES string of the molecule is CC[n+]1ccc(/C=C/C=C2\Sc3ccccc3N2CCO)c2ccccc21. The highest BCUT2D eigenvalue weighted by Gasteiger charge is 2.23. The number of fused-ring (bicyclic) bond motifs is 2. The predicted molar refractivity (Wildman–Crippen MR) is 114 cm³/mol. The molecule has 0 atom stereocenters. The van der Waals surface area contributed by atoms with E-state index in [1.165, 1.54) is 27.0 Å². The molecule has 3 nitrogen and oxygen atoms in total. The molecule has 1 aliphatic heterocycles. The molecule has 0 bridgehead atoms. The van der Waals surface area contributed by atoms with Crippen LogP contribution in [0.3, 0.4) is 0 Å². The van der Waals surface area contributed by atoms with Crippen molar-refractivity contribution in [2.24, 2.45) is 0 Å². The molecule has 0 saturated heterocycles. The number of aliphatic hydroxyl groups excluding tert-OH is 1. The highest BCUT2D eigenvalue weighted by Crippen LogP contribution is 2.45. The van der Waals surface area contributed by atoms with Gasteiger partial charge in [0.25, 0.3) is 0 Å². The minimum atomic E-state index is 0.135. The number of aromatic nitrogens is 1. The van der Waals surface area contributed by atoms with E-state index < -0.39 is 0 Å². The molecule has 3 aromatic rings. The van der Waals surface area contributed by atoms with Gasteiger partial charge in [-0.05, 0) is 36.8 Å². The fourth-order valence-corrected chi connectivity index (χ4v) is 4.57. The van der Waals surface area contributed by atoms with Crippen LogP contribution in [0.25, 0.3) is 17.0 Å². The summed E-state index contributed by atoms with van der Waals surface area (Å²) in [7, 11) is 0. The first-order chi connectivity index (χ1) is 13.3. The monoisotopic (exact) mass is 375 g/mol. The summed E-state index contributed by atoms with van der Waals surface area (Å²) in [5.74, 6) is 0. The standard InChI is InChI=1S/C23H23N2OS/c1-2-24-15-14-18(19-9-3-4-10-20(19)24)8-7-13-23-25(16-17-26)21-11-5-6-12-22(21)27-23/h3-15,26H,2,16-17H2,1H3/q+1. The van der Waals surface area contributed by atoms with Gasteiger partial charge in [-0.3, -0.25) is 0 Å². The van der Waals surface area contributed by atoms with Crippen molar-refractivity contribution >= 4 is 34.4 Å². The highest BCUT2D eigenvalue weighted by molar-refractivity contribution is 8.03. The Kier molecular flexibility index (Phi) is 5.28. The summed E-state index contributed by atoms with van der Waals surface area (Å²) >= 11 is 1.75. The van der Waals surface area contributed by atoms with E-state index >= 15 is 0 Å². The molecule has 2 heterocycles. The zero-order valence-corrected chi connectivity index (χ0v) is 16.2. The van der Waals surface area contributed by atoms with E-state index in [0.717, 1.165) is 11.6 Å². The molecule has 1 aromatic heterocycles. The van der Waals surface area contributed by atoms with Crippen molar-refractivity contribution in [3.8, 4) is 0 Å². The second-order valence-corrected chi connectivity index (χ2v) is 7.45. The summed E-state index contributed by atoms with van der Waals surface area (Å²) in [5, 5.41) is 11.8. The van der Waals surface area contributed by atoms with E-state index in [4.69, 9.17) is 0 Å². The number of nitrogens with zero attached hydrogens (tertiary/aromatic N) is 2. The molecule has 4 heteroatoms. The molecule has 4 rings (SSSR count). The maximum absolute atomic E-state index is 9.44. The molecule has 0 spiro atoms. The zero-order chi connectivity index (χ0) is 18.6. The molecule has 0 radical (unpaired) electrons. The first kappa shape index (κ1) is 17.8. The van der Waals surface area contributed by atoms with E-state index in [0.29, 0.717) is 6.54 Å². The normalized spacial score (nSPS) is 15.2. The van der Waals surface area contributed by atoms with Gasteiger partial charge < -0.3 is 10.0 Å². The molecule has 1 aliphatic rings. The average Bonchev–Trinajstić information content (AvgIpc) is 3.06. The quantitative estimate of drug-likeness (QED) is 0.660. The van der Waals surface area contributed by atoms with Gasteiger partial charge in [0.1, 0.15) is 6.54 Å². The fourth-order valence-electron chi connectivity index (χ4n) is 3.47. The van der Waals surface area contributed by atoms with Crippen LogP contribution in [0.2, 0.25) is 0 Å². The number of para-hydroxylation sites is 2. The molecular weight excluding hydrogens is 352 g/mol. The van der Waals surface area contributed by atoms with Crippen molar-refractivity contribution in [2.75, 3.05) is 18.1 Å². The molecule has 0 unspecified atom stereocenters. The van der Waals surface area contributed by atoms with Crippen LogP contribution in [-0.2, 0) is 6.54 Å². The van der Waals surface area contributed by atoms with Crippen molar-refractivity contribution in [2.45, 2.75) is 18.4 Å². The number of β-amino-alcohol motifs (C(OH)–C–C–N with tert-alkyl or cyclic N) is 1. The Morgan fingerprint density at radius 3 is 2.74 bits per heavy atom. The van der Waals surface area contributed by atoms with Gasteiger partial charge in [0, 0.05) is 23.6 Å². The highest BCUT2D eigenvalue weighted by atomic mass is 32.2. The zero-order valence-electron chi connectivity index (χ0n) is 15.4. The summed E-state index contributed by atoms with van der Waals surface area (Å²) in [6.45, 7) is 3.86. The van der Waals surface area contributed by atoms with Crippen molar-refractivity contribution in [1.29, 1.82) is 0 Å². The van der Waals surface area contributed by atoms with Gasteiger partial charge in [0.15, 0.2) is 6.20 Å². The van der Waals surface area contributed by atoms with Crippen molar-refractivity contribution in [3.05, 3.63) is 83.5 Å². The number of rotatable bonds is 5. The van der Waals surface area contributed by atoms with E-state index in [2.05, 4.69) is 89.3 Å². The van der Waals surface area contributed by atoms with E-state index in [1.54, 1.807) is 11.8 Å². The van der Waals surface area contributed by atoms with E-state index in [1.807, 2.05) is 6.07 Å². The molecule has 136 valence electrons. The fraction of sp³-hybridized carbons (Fsp3) is 0.174. The van der Waals surface area contributed by atoms with Crippen molar-refractivity contribution < 1.29 is 9.67 Å². The lowest BCUT2D eigenvalue weighted by Crippen LogP contribution is -2.32. The summed E-state index contributed by atoms with van der Waals surface area (Å²) < 4.78 is 2.26. The minimum Gasteiger partial charge on any atom is -0.395 e. The third kappa shape index (κ3) is 3.51. The summed E-state index contributed by atoms with van der Waals surface area (Å²) in [5.41, 5.74) is 3.63. The van der Waals surface area contributed by atoms with Gasteiger partial charge in [-0.15, -0.1) is 0 Å². The Bertz CT molecular complexity index is 1030. The van der Waals surface area contributed by atoms with Crippen molar-refractivity contribution in [1.82, 2.24) is 0 Å². The van der Waals surface area contributed by atoms with Crippen LogP contribution in [0.4, 0.5) is 5.69 Å². The molecule has 1 N–H and O–H groups in total. The topological polar surface area (TPSA) is 27.4 Å². The Labute approximate surface area is 164 Å². The largest absolute Gasteiger partial charge is 0.395 e. The lowest BCUT2D eigenvalue weighted by molar-refractivity contribution is -0.667. The van der Waals surface area contributed by atoms with Crippen LogP contribution < -0.4 is 9.47 Å². The number of hydrogen-bond acceptors (Lipinski definition) is 3. The van der Waals surface area contributed by atoms with Crippen LogP contribution in [0, 0.1) is 0 Å². The van der Waals surface area contributed by atoms with Crippen LogP contribution in [0.1, 0.15) is 12.5 Å². The van der Waals surface area contributed by atoms with Crippen LogP contribution in [0.15, 0.2) is 82.9 Å². The second-order valence-electron chi connectivity index (χ2n) is 6.38. The maximum atomic E-state index is 9.44. The van der Waals surface area contributed by atoms with Crippen LogP contribution in [-0.4, -0.2) is 18.3 Å². The number of aliphatic hydroxyl groups is 1. The van der Waals surface area contributed by atoms with Crippen LogP contribution >= 0.6 is 11.8 Å². The molecule has 0 amide bonds. The van der Waals surface area contributed by atoms with Gasteiger partial charge >= 0.3 is 0 Å². The lowest BCUT2D eigenvalue weighted by atomic mass is 10.1. The van der Waals surface area contributed by atoms with Crippen LogP contribution in [0.5, 0.6) is 0 Å². The first-order valence-electron chi connectivity index (χ1n) is 9.26. The van der Waals surface area contributed by atoms with E-state index in [9.17, 15) is 5.11 Å². The molecule has 0 aliphatic carbocycles. The smallest absolute Gasteiger partial charge is 0.213 e. The number of thioether (sulfide) groups is 1. The Hall–Kier alpha value is -2.56. The molecular formula is C23H23N2OS+. The molecule has 0 saturated carbocycles. The molecule has 2 aromatic carbocycles. The molecule has 27 heavy (non-hydrogen) atoms. The van der Waals surface area contributed by atoms with Gasteiger partial charge in [-0.25, -0.2) is 0 Å². The number of benzene rings is 2. The third-order valence-electron chi connectivity index (χ3n) is 4.77. The second kappa shape index (κ2) is 7.99. The third-order valence-corrected chi connectivity index (χ3v) is 5.90. The number of anilines is 1. The maximum Gasteiger partial charge on any atom is 0.213 e. The molecule has 0 fully saturated rings. The average molecular weight is 376 g/mol. The Morgan fingerprint density at radius 2 is 1.89 bits per heavy atom. The summed E-state index contributed by atoms with van der Waals surface area (Å²) in [4.78, 5) is 3.41. The number of aryl methyl sites for hydroxylation is 1. The van der Waals surface area contributed by atoms with Gasteiger partial charge in [0.2, 0.25) is 5.52 Å². The van der Waals surface area contributed by atoms with Gasteiger partial charge in [0.05, 0.1) is 22.7 Å². The minimum absolute atomic E-state index is 0.135. The lowest BCUT2D eigenvalue weighted by Gasteiger charge is -2.18. The summed E-state index contributed by atoms with van der Waals surface area (Å²) in [6.07, 6.45) is 8.55. The Balaban J connectivity index is 1.65. The van der Waals surface area contributed by atoms with E-state index in [-0.39, 0.29) is 6.61 Å². The number of hydrogen-bond donors (Lipinski definition) is 1. The first-order valence-corrected chi connectivity index (χ1v) is 10.1. The number of allylic oxidation sites excluding steroid dienone is 2.